The molecular formula is C30H32N4O2S. The fourth-order valence-corrected chi connectivity index (χ4v) is 5.62. The van der Waals surface area contributed by atoms with Crippen LogP contribution in [0.4, 0.5) is 5.69 Å². The van der Waals surface area contributed by atoms with Crippen LogP contribution in [0, 0.1) is 13.8 Å². The van der Waals surface area contributed by atoms with Gasteiger partial charge in [0.25, 0.3) is 0 Å². The predicted molar refractivity (Wildman–Crippen MR) is 152 cm³/mol. The van der Waals surface area contributed by atoms with Gasteiger partial charge >= 0.3 is 0 Å². The molecule has 0 aliphatic carbocycles. The molecule has 5 rings (SSSR count). The van der Waals surface area contributed by atoms with Gasteiger partial charge in [-0.15, -0.1) is 0 Å². The molecule has 0 amide bonds. The minimum absolute atomic E-state index is 0.139. The first-order valence-corrected chi connectivity index (χ1v) is 12.9. The lowest BCUT2D eigenvalue weighted by Gasteiger charge is -2.29. The van der Waals surface area contributed by atoms with Gasteiger partial charge in [0, 0.05) is 29.3 Å². The van der Waals surface area contributed by atoms with E-state index in [-0.39, 0.29) is 12.1 Å². The quantitative estimate of drug-likeness (QED) is 0.296. The molecule has 1 saturated heterocycles. The van der Waals surface area contributed by atoms with Gasteiger partial charge in [-0.25, -0.2) is 0 Å². The largest absolute Gasteiger partial charge is 0.497 e. The lowest BCUT2D eigenvalue weighted by Crippen LogP contribution is -2.30. The van der Waals surface area contributed by atoms with Crippen molar-refractivity contribution < 1.29 is 9.47 Å². The van der Waals surface area contributed by atoms with E-state index in [2.05, 4.69) is 65.9 Å². The van der Waals surface area contributed by atoms with Gasteiger partial charge in [0.15, 0.2) is 5.11 Å². The molecule has 0 bridgehead atoms. The summed E-state index contributed by atoms with van der Waals surface area (Å²) in [6.07, 6.45) is 2.84. The van der Waals surface area contributed by atoms with E-state index in [1.54, 1.807) is 14.2 Å². The van der Waals surface area contributed by atoms with E-state index in [9.17, 15) is 0 Å². The second-order valence-corrected chi connectivity index (χ2v) is 9.60. The molecule has 0 spiro atoms. The number of aryl methyl sites for hydroxylation is 2. The number of nitrogens with one attached hydrogen (secondary N) is 1. The monoisotopic (exact) mass is 512 g/mol. The lowest BCUT2D eigenvalue weighted by atomic mass is 9.96. The molecule has 1 N–H and O–H groups in total. The van der Waals surface area contributed by atoms with Crippen LogP contribution in [0.3, 0.4) is 0 Å². The Morgan fingerprint density at radius 3 is 2.41 bits per heavy atom. The Kier molecular flexibility index (Phi) is 6.89. The number of nitrogens with zero attached hydrogens (tertiary/aromatic N) is 3. The van der Waals surface area contributed by atoms with Crippen LogP contribution in [0.2, 0.25) is 0 Å². The first-order valence-electron chi connectivity index (χ1n) is 12.5. The van der Waals surface area contributed by atoms with E-state index in [0.29, 0.717) is 10.9 Å². The third-order valence-corrected chi connectivity index (χ3v) is 7.45. The van der Waals surface area contributed by atoms with Crippen LogP contribution in [0.1, 0.15) is 47.2 Å². The van der Waals surface area contributed by atoms with Crippen LogP contribution >= 0.6 is 12.2 Å². The summed E-state index contributed by atoms with van der Waals surface area (Å²) in [5.74, 6) is 1.42. The van der Waals surface area contributed by atoms with Crippen molar-refractivity contribution >= 4 is 23.0 Å². The van der Waals surface area contributed by atoms with Crippen LogP contribution < -0.4 is 19.7 Å². The Morgan fingerprint density at radius 1 is 0.973 bits per heavy atom. The average Bonchev–Trinajstić information content (AvgIpc) is 3.43. The Balaban J connectivity index is 1.68. The molecule has 3 heterocycles. The molecule has 4 aromatic rings. The predicted octanol–water partition coefficient (Wildman–Crippen LogP) is 6.25. The van der Waals surface area contributed by atoms with Gasteiger partial charge < -0.3 is 24.3 Å². The molecule has 0 saturated carbocycles. The van der Waals surface area contributed by atoms with Crippen molar-refractivity contribution in [2.24, 2.45) is 0 Å². The molecule has 190 valence electrons. The smallest absolute Gasteiger partial charge is 0.174 e. The van der Waals surface area contributed by atoms with Crippen molar-refractivity contribution in [3.8, 4) is 17.2 Å². The number of ether oxygens (including phenoxy) is 2. The van der Waals surface area contributed by atoms with E-state index in [1.807, 2.05) is 42.6 Å². The molecule has 7 heteroatoms. The number of thiocarbonyl (C=S) groups is 1. The first-order chi connectivity index (χ1) is 18.0. The maximum absolute atomic E-state index is 5.94. The van der Waals surface area contributed by atoms with Crippen LogP contribution in [0.5, 0.6) is 11.5 Å². The minimum atomic E-state index is -0.142. The van der Waals surface area contributed by atoms with Crippen molar-refractivity contribution in [1.29, 1.82) is 0 Å². The standard InChI is InChI=1S/C30H32N4O2S/c1-6-21-10-12-22(13-11-21)33-19(2)17-24(20(33)3)29-28(25-9-7-8-16-31-25)32-30(37)34(29)26-15-14-23(35-4)18-27(26)36-5/h7-18,28-29H,6H2,1-5H3,(H,32,37)/t28-,29+/m1/s1. The summed E-state index contributed by atoms with van der Waals surface area (Å²) >= 11 is 5.94. The van der Waals surface area contributed by atoms with E-state index in [0.717, 1.165) is 40.6 Å². The van der Waals surface area contributed by atoms with Crippen molar-refractivity contribution in [3.63, 3.8) is 0 Å². The second-order valence-electron chi connectivity index (χ2n) is 9.22. The molecule has 2 aromatic carbocycles. The maximum Gasteiger partial charge on any atom is 0.174 e. The van der Waals surface area contributed by atoms with Gasteiger partial charge in [0.1, 0.15) is 11.5 Å². The molecule has 0 radical (unpaired) electrons. The normalized spacial score (nSPS) is 17.1. The Bertz CT molecular complexity index is 1420. The number of hydrogen-bond donors (Lipinski definition) is 1. The molecule has 0 unspecified atom stereocenters. The van der Waals surface area contributed by atoms with Crippen LogP contribution in [-0.2, 0) is 6.42 Å². The zero-order chi connectivity index (χ0) is 26.1. The highest BCUT2D eigenvalue weighted by Crippen LogP contribution is 2.46. The minimum Gasteiger partial charge on any atom is -0.497 e. The number of hydrogen-bond acceptors (Lipinski definition) is 4. The molecule has 1 aliphatic rings. The molecule has 2 aromatic heterocycles. The Labute approximate surface area is 223 Å². The number of benzene rings is 2. The zero-order valence-corrected chi connectivity index (χ0v) is 22.7. The molecule has 2 atom stereocenters. The Hall–Kier alpha value is -3.84. The van der Waals surface area contributed by atoms with E-state index in [1.165, 1.54) is 11.1 Å². The highest BCUT2D eigenvalue weighted by atomic mass is 32.1. The van der Waals surface area contributed by atoms with Crippen LogP contribution in [0.15, 0.2) is 72.9 Å². The summed E-state index contributed by atoms with van der Waals surface area (Å²) in [6.45, 7) is 6.50. The third-order valence-electron chi connectivity index (χ3n) is 7.14. The second kappa shape index (κ2) is 10.3. The SMILES string of the molecule is CCc1ccc(-n2c(C)cc([C@H]3[C@@H](c4ccccn4)NC(=S)N3c3ccc(OC)cc3OC)c2C)cc1. The number of pyridine rings is 1. The fraction of sp³-hybridized carbons (Fsp3) is 0.267. The van der Waals surface area contributed by atoms with Gasteiger partial charge in [-0.05, 0) is 86.1 Å². The van der Waals surface area contributed by atoms with Crippen LogP contribution in [0.25, 0.3) is 5.69 Å². The van der Waals surface area contributed by atoms with Gasteiger partial charge in [-0.1, -0.05) is 25.1 Å². The van der Waals surface area contributed by atoms with Crippen molar-refractivity contribution in [1.82, 2.24) is 14.9 Å². The average molecular weight is 513 g/mol. The van der Waals surface area contributed by atoms with Gasteiger partial charge in [-0.2, -0.15) is 0 Å². The topological polar surface area (TPSA) is 51.6 Å². The molecule has 1 fully saturated rings. The number of methoxy groups -OCH3 is 2. The summed E-state index contributed by atoms with van der Waals surface area (Å²) in [7, 11) is 3.32. The van der Waals surface area contributed by atoms with E-state index >= 15 is 0 Å². The van der Waals surface area contributed by atoms with E-state index < -0.39 is 0 Å². The van der Waals surface area contributed by atoms with Crippen molar-refractivity contribution in [3.05, 3.63) is 101 Å². The first kappa shape index (κ1) is 24.8. The van der Waals surface area contributed by atoms with Crippen molar-refractivity contribution in [2.45, 2.75) is 39.3 Å². The summed E-state index contributed by atoms with van der Waals surface area (Å²) in [5.41, 5.74) is 7.79. The molecule has 37 heavy (non-hydrogen) atoms. The lowest BCUT2D eigenvalue weighted by molar-refractivity contribution is 0.394. The summed E-state index contributed by atoms with van der Waals surface area (Å²) in [6, 6.07) is 22.6. The van der Waals surface area contributed by atoms with Gasteiger partial charge in [0.2, 0.25) is 0 Å². The van der Waals surface area contributed by atoms with Gasteiger partial charge in [0.05, 0.1) is 37.7 Å². The molecule has 1 aliphatic heterocycles. The summed E-state index contributed by atoms with van der Waals surface area (Å²) in [4.78, 5) is 6.85. The summed E-state index contributed by atoms with van der Waals surface area (Å²) < 4.78 is 13.6. The summed E-state index contributed by atoms with van der Waals surface area (Å²) in [5, 5.41) is 4.18. The number of anilines is 1. The number of rotatable bonds is 7. The zero-order valence-electron chi connectivity index (χ0n) is 21.9. The van der Waals surface area contributed by atoms with Crippen molar-refractivity contribution in [2.75, 3.05) is 19.1 Å². The number of aromatic nitrogens is 2. The Morgan fingerprint density at radius 2 is 1.76 bits per heavy atom. The van der Waals surface area contributed by atoms with E-state index in [4.69, 9.17) is 26.7 Å². The van der Waals surface area contributed by atoms with Crippen LogP contribution in [-0.4, -0.2) is 28.9 Å². The maximum atomic E-state index is 5.94. The molecular weight excluding hydrogens is 480 g/mol. The molecule has 6 nitrogen and oxygen atoms in total. The van der Waals surface area contributed by atoms with Gasteiger partial charge in [-0.3, -0.25) is 4.98 Å². The highest BCUT2D eigenvalue weighted by molar-refractivity contribution is 7.80. The highest BCUT2D eigenvalue weighted by Gasteiger charge is 2.43. The fourth-order valence-electron chi connectivity index (χ4n) is 5.28. The third kappa shape index (κ3) is 4.44.